The predicted molar refractivity (Wildman–Crippen MR) is 213 cm³/mol. The van der Waals surface area contributed by atoms with Gasteiger partial charge in [0.1, 0.15) is 0 Å². The van der Waals surface area contributed by atoms with E-state index in [1.165, 1.54) is 50.1 Å². The topological polar surface area (TPSA) is 3.24 Å². The standard InChI is InChI=1S/C47H51N/c1-6-9-11-18-33-48(5)37-40(20-10-7-2)29-28-39-21-19-26-44(34-39)46-30-27-38(4)47(36-46)35-45(43-24-16-13-17-25-43)32-31-41(8-3)42-22-14-12-15-23-42/h6-11,13-14,16-32,34,36H,3,12,15,33,35,37H2,1-2,4-5H3/b9-6-,10-7-,18-11+,29-28+,40-20+,41-31+,45-32+. The molecule has 1 nitrogen and oxygen atoms in total. The molecule has 3 aromatic carbocycles. The Balaban J connectivity index is 1.59. The molecule has 0 saturated heterocycles. The summed E-state index contributed by atoms with van der Waals surface area (Å²) in [5, 5.41) is 0. The zero-order valence-electron chi connectivity index (χ0n) is 29.3. The van der Waals surface area contributed by atoms with E-state index >= 15 is 0 Å². The Kier molecular flexibility index (Phi) is 14.7. The number of allylic oxidation sites excluding steroid dienone is 15. The molecule has 0 aliphatic heterocycles. The lowest BCUT2D eigenvalue weighted by atomic mass is 9.91. The van der Waals surface area contributed by atoms with Crippen LogP contribution in [-0.4, -0.2) is 25.0 Å². The van der Waals surface area contributed by atoms with Crippen molar-refractivity contribution in [3.05, 3.63) is 203 Å². The number of likely N-dealkylation sites (N-methyl/N-ethyl adjacent to an activating group) is 1. The van der Waals surface area contributed by atoms with Crippen molar-refractivity contribution in [2.75, 3.05) is 20.1 Å². The van der Waals surface area contributed by atoms with Gasteiger partial charge in [-0.05, 0) is 109 Å². The molecular weight excluding hydrogens is 579 g/mol. The summed E-state index contributed by atoms with van der Waals surface area (Å²) in [5.74, 6) is 0. The molecule has 0 radical (unpaired) electrons. The second-order valence-electron chi connectivity index (χ2n) is 12.2. The maximum Gasteiger partial charge on any atom is 0.0233 e. The normalized spacial score (nSPS) is 14.7. The molecule has 0 N–H and O–H groups in total. The lowest BCUT2D eigenvalue weighted by Crippen LogP contribution is -2.20. The van der Waals surface area contributed by atoms with Gasteiger partial charge in [0.25, 0.3) is 0 Å². The molecule has 1 aliphatic rings. The Morgan fingerprint density at radius 2 is 1.65 bits per heavy atom. The highest BCUT2D eigenvalue weighted by Crippen LogP contribution is 2.29. The zero-order chi connectivity index (χ0) is 34.0. The average molecular weight is 630 g/mol. The van der Waals surface area contributed by atoms with Crippen molar-refractivity contribution >= 4 is 11.6 Å². The second-order valence-corrected chi connectivity index (χ2v) is 12.2. The fourth-order valence-corrected chi connectivity index (χ4v) is 5.67. The maximum atomic E-state index is 4.11. The average Bonchev–Trinajstić information content (AvgIpc) is 3.12. The predicted octanol–water partition coefficient (Wildman–Crippen LogP) is 12.3. The third kappa shape index (κ3) is 11.4. The Morgan fingerprint density at radius 1 is 0.833 bits per heavy atom. The third-order valence-electron chi connectivity index (χ3n) is 8.41. The number of aryl methyl sites for hydroxylation is 1. The Hall–Kier alpha value is -4.98. The van der Waals surface area contributed by atoms with Gasteiger partial charge in [-0.2, -0.15) is 0 Å². The van der Waals surface area contributed by atoms with Crippen LogP contribution in [-0.2, 0) is 6.42 Å². The van der Waals surface area contributed by atoms with Gasteiger partial charge in [0, 0.05) is 13.1 Å². The van der Waals surface area contributed by atoms with E-state index in [4.69, 9.17) is 0 Å². The fraction of sp³-hybridized carbons (Fsp3) is 0.191. The van der Waals surface area contributed by atoms with E-state index in [9.17, 15) is 0 Å². The molecule has 0 aromatic heterocycles. The Labute approximate surface area is 290 Å². The number of benzene rings is 3. The van der Waals surface area contributed by atoms with Crippen molar-refractivity contribution in [1.29, 1.82) is 0 Å². The van der Waals surface area contributed by atoms with E-state index in [1.54, 1.807) is 0 Å². The van der Waals surface area contributed by atoms with Gasteiger partial charge in [-0.3, -0.25) is 4.90 Å². The number of hydrogen-bond acceptors (Lipinski definition) is 1. The van der Waals surface area contributed by atoms with Crippen molar-refractivity contribution in [2.24, 2.45) is 0 Å². The molecule has 0 heterocycles. The number of hydrogen-bond donors (Lipinski definition) is 0. The van der Waals surface area contributed by atoms with Crippen LogP contribution in [0.15, 0.2) is 181 Å². The van der Waals surface area contributed by atoms with Crippen LogP contribution in [0.5, 0.6) is 0 Å². The maximum absolute atomic E-state index is 4.11. The highest BCUT2D eigenvalue weighted by Gasteiger charge is 2.09. The minimum absolute atomic E-state index is 0.843. The van der Waals surface area contributed by atoms with Crippen LogP contribution in [0, 0.1) is 6.92 Å². The Bertz CT molecular complexity index is 1780. The molecule has 0 spiro atoms. The zero-order valence-corrected chi connectivity index (χ0v) is 29.3. The van der Waals surface area contributed by atoms with E-state index in [0.717, 1.165) is 37.9 Å². The molecule has 0 unspecified atom stereocenters. The largest absolute Gasteiger partial charge is 0.298 e. The first-order chi connectivity index (χ1) is 23.5. The first kappa shape index (κ1) is 35.9. The SMILES string of the molecule is C=C/C(=C\C=C(/Cc1cc(-c2cccc(/C=C/C(=C\C=C/C)CN(C)C/C=C/C=C\C)c2)ccc1C)c1ccccc1)C1=CCCC=C1. The van der Waals surface area contributed by atoms with Crippen LogP contribution >= 0.6 is 0 Å². The molecule has 48 heavy (non-hydrogen) atoms. The summed E-state index contributed by atoms with van der Waals surface area (Å²) in [6, 6.07) is 26.5. The van der Waals surface area contributed by atoms with Gasteiger partial charge in [-0.25, -0.2) is 0 Å². The molecule has 0 saturated carbocycles. The Morgan fingerprint density at radius 3 is 2.40 bits per heavy atom. The minimum atomic E-state index is 0.843. The fourth-order valence-electron chi connectivity index (χ4n) is 5.67. The van der Waals surface area contributed by atoms with Gasteiger partial charge in [0.2, 0.25) is 0 Å². The van der Waals surface area contributed by atoms with E-state index in [0.29, 0.717) is 0 Å². The van der Waals surface area contributed by atoms with Crippen LogP contribution in [0.3, 0.4) is 0 Å². The number of rotatable bonds is 15. The van der Waals surface area contributed by atoms with Gasteiger partial charge in [0.05, 0.1) is 0 Å². The smallest absolute Gasteiger partial charge is 0.0233 e. The summed E-state index contributed by atoms with van der Waals surface area (Å²) in [7, 11) is 2.16. The van der Waals surface area contributed by atoms with Crippen molar-refractivity contribution < 1.29 is 0 Å². The van der Waals surface area contributed by atoms with E-state index in [-0.39, 0.29) is 0 Å². The lowest BCUT2D eigenvalue weighted by molar-refractivity contribution is 0.406. The first-order valence-corrected chi connectivity index (χ1v) is 17.1. The molecular formula is C47H51N. The third-order valence-corrected chi connectivity index (χ3v) is 8.41. The molecule has 3 aromatic rings. The van der Waals surface area contributed by atoms with Crippen LogP contribution in [0.25, 0.3) is 22.8 Å². The van der Waals surface area contributed by atoms with E-state index in [1.807, 2.05) is 19.1 Å². The van der Waals surface area contributed by atoms with Crippen molar-refractivity contribution in [3.8, 4) is 11.1 Å². The summed E-state index contributed by atoms with van der Waals surface area (Å²) in [6.45, 7) is 12.2. The van der Waals surface area contributed by atoms with E-state index in [2.05, 4.69) is 184 Å². The number of nitrogens with zero attached hydrogens (tertiary/aromatic N) is 1. The van der Waals surface area contributed by atoms with Gasteiger partial charge in [-0.15, -0.1) is 0 Å². The summed E-state index contributed by atoms with van der Waals surface area (Å²) in [6.07, 6.45) is 35.6. The second kappa shape index (κ2) is 19.6. The molecule has 0 atom stereocenters. The van der Waals surface area contributed by atoms with Crippen molar-refractivity contribution in [2.45, 2.75) is 40.0 Å². The lowest BCUT2D eigenvalue weighted by Gasteiger charge is -2.15. The molecule has 4 rings (SSSR count). The van der Waals surface area contributed by atoms with Crippen LogP contribution in [0.2, 0.25) is 0 Å². The highest BCUT2D eigenvalue weighted by atomic mass is 15.1. The molecule has 0 amide bonds. The van der Waals surface area contributed by atoms with Gasteiger partial charge in [0.15, 0.2) is 0 Å². The summed E-state index contributed by atoms with van der Waals surface area (Å²) < 4.78 is 0. The summed E-state index contributed by atoms with van der Waals surface area (Å²) in [4.78, 5) is 2.32. The van der Waals surface area contributed by atoms with E-state index < -0.39 is 0 Å². The molecule has 1 heteroatoms. The molecule has 1 aliphatic carbocycles. The van der Waals surface area contributed by atoms with Crippen LogP contribution in [0.4, 0.5) is 0 Å². The quantitative estimate of drug-likeness (QED) is 0.151. The van der Waals surface area contributed by atoms with Crippen LogP contribution < -0.4 is 0 Å². The molecule has 0 fully saturated rings. The minimum Gasteiger partial charge on any atom is -0.298 e. The van der Waals surface area contributed by atoms with Gasteiger partial charge < -0.3 is 0 Å². The summed E-state index contributed by atoms with van der Waals surface area (Å²) in [5.41, 5.74) is 12.5. The molecule has 244 valence electrons. The van der Waals surface area contributed by atoms with Crippen molar-refractivity contribution in [1.82, 2.24) is 4.90 Å². The van der Waals surface area contributed by atoms with Crippen LogP contribution in [0.1, 0.15) is 48.9 Å². The van der Waals surface area contributed by atoms with Gasteiger partial charge in [-0.1, -0.05) is 164 Å². The monoisotopic (exact) mass is 629 g/mol. The van der Waals surface area contributed by atoms with Crippen molar-refractivity contribution in [3.63, 3.8) is 0 Å². The molecule has 0 bridgehead atoms. The first-order valence-electron chi connectivity index (χ1n) is 17.1. The summed E-state index contributed by atoms with van der Waals surface area (Å²) >= 11 is 0. The van der Waals surface area contributed by atoms with Gasteiger partial charge >= 0.3 is 0 Å². The highest BCUT2D eigenvalue weighted by molar-refractivity contribution is 5.73.